The van der Waals surface area contributed by atoms with Gasteiger partial charge in [-0.15, -0.1) is 0 Å². The fourth-order valence-electron chi connectivity index (χ4n) is 2.84. The molecular weight excluding hydrogens is 274 g/mol. The van der Waals surface area contributed by atoms with Gasteiger partial charge >= 0.3 is 0 Å². The maximum Gasteiger partial charge on any atom is 0.268 e. The lowest BCUT2D eigenvalue weighted by atomic mass is 10.0. The van der Waals surface area contributed by atoms with Crippen molar-refractivity contribution in [2.24, 2.45) is 0 Å². The summed E-state index contributed by atoms with van der Waals surface area (Å²) >= 11 is 0. The van der Waals surface area contributed by atoms with E-state index in [2.05, 4.69) is 4.98 Å². The van der Waals surface area contributed by atoms with Gasteiger partial charge in [0.05, 0.1) is 16.3 Å². The molecule has 2 N–H and O–H groups in total. The standard InChI is InChI=1S/C15H17NO3S/c17-13-11-8-4-5-9-12(11)16-15(18)14(13)20(19)10-6-2-1-3-7-10/h4-5,8-10H,1-3,6-7H2,(H2,16,17,18)/t20-/m1/s1. The van der Waals surface area contributed by atoms with E-state index in [1.165, 1.54) is 0 Å². The Bertz CT molecular complexity index is 717. The minimum Gasteiger partial charge on any atom is -0.506 e. The predicted molar refractivity (Wildman–Crippen MR) is 79.5 cm³/mol. The quantitative estimate of drug-likeness (QED) is 0.893. The van der Waals surface area contributed by atoms with Gasteiger partial charge in [0, 0.05) is 10.6 Å². The van der Waals surface area contributed by atoms with Crippen LogP contribution in [0.3, 0.4) is 0 Å². The Morgan fingerprint density at radius 3 is 2.60 bits per heavy atom. The van der Waals surface area contributed by atoms with E-state index in [9.17, 15) is 14.1 Å². The van der Waals surface area contributed by atoms with Gasteiger partial charge in [0.2, 0.25) is 0 Å². The van der Waals surface area contributed by atoms with E-state index in [1.54, 1.807) is 24.3 Å². The monoisotopic (exact) mass is 291 g/mol. The third-order valence-electron chi connectivity index (χ3n) is 3.91. The number of pyridine rings is 1. The molecule has 1 fully saturated rings. The lowest BCUT2D eigenvalue weighted by Crippen LogP contribution is -2.24. The van der Waals surface area contributed by atoms with Crippen LogP contribution in [0.4, 0.5) is 0 Å². The molecule has 1 aromatic heterocycles. The van der Waals surface area contributed by atoms with Crippen LogP contribution in [-0.2, 0) is 10.8 Å². The molecule has 0 aliphatic heterocycles. The number of para-hydroxylation sites is 1. The second-order valence-electron chi connectivity index (χ2n) is 5.23. The van der Waals surface area contributed by atoms with E-state index in [4.69, 9.17) is 0 Å². The van der Waals surface area contributed by atoms with Gasteiger partial charge in [-0.2, -0.15) is 0 Å². The van der Waals surface area contributed by atoms with Crippen molar-refractivity contribution in [1.82, 2.24) is 4.98 Å². The Balaban J connectivity index is 2.11. The van der Waals surface area contributed by atoms with Gasteiger partial charge in [0.15, 0.2) is 0 Å². The molecule has 1 aliphatic carbocycles. The summed E-state index contributed by atoms with van der Waals surface area (Å²) in [6, 6.07) is 7.02. The summed E-state index contributed by atoms with van der Waals surface area (Å²) in [5.41, 5.74) is 0.129. The molecule has 1 atom stereocenters. The maximum absolute atomic E-state index is 12.6. The molecule has 20 heavy (non-hydrogen) atoms. The molecule has 0 bridgehead atoms. The van der Waals surface area contributed by atoms with Gasteiger partial charge in [0.1, 0.15) is 10.6 Å². The van der Waals surface area contributed by atoms with Crippen LogP contribution in [0.1, 0.15) is 32.1 Å². The van der Waals surface area contributed by atoms with Gasteiger partial charge in [-0.1, -0.05) is 31.4 Å². The Hall–Kier alpha value is -1.62. The number of fused-ring (bicyclic) bond motifs is 1. The summed E-state index contributed by atoms with van der Waals surface area (Å²) in [5.74, 6) is -0.131. The summed E-state index contributed by atoms with van der Waals surface area (Å²) in [6.45, 7) is 0. The van der Waals surface area contributed by atoms with Crippen molar-refractivity contribution in [1.29, 1.82) is 0 Å². The normalized spacial score (nSPS) is 18.2. The second kappa shape index (κ2) is 5.40. The summed E-state index contributed by atoms with van der Waals surface area (Å²) < 4.78 is 12.6. The van der Waals surface area contributed by atoms with Crippen molar-refractivity contribution < 1.29 is 9.32 Å². The lowest BCUT2D eigenvalue weighted by molar-refractivity contribution is 0.462. The van der Waals surface area contributed by atoms with Gasteiger partial charge in [-0.25, -0.2) is 0 Å². The molecule has 1 saturated carbocycles. The first kappa shape index (κ1) is 13.4. The van der Waals surface area contributed by atoms with Crippen LogP contribution in [0.2, 0.25) is 0 Å². The molecule has 4 nitrogen and oxygen atoms in total. The molecule has 1 heterocycles. The fraction of sp³-hybridized carbons (Fsp3) is 0.400. The molecule has 0 saturated heterocycles. The van der Waals surface area contributed by atoms with E-state index in [0.29, 0.717) is 10.9 Å². The Morgan fingerprint density at radius 1 is 1.15 bits per heavy atom. The van der Waals surface area contributed by atoms with E-state index >= 15 is 0 Å². The molecule has 0 spiro atoms. The average molecular weight is 291 g/mol. The molecule has 106 valence electrons. The van der Waals surface area contributed by atoms with Gasteiger partial charge in [0.25, 0.3) is 5.56 Å². The summed E-state index contributed by atoms with van der Waals surface area (Å²) in [5, 5.41) is 10.8. The van der Waals surface area contributed by atoms with Crippen LogP contribution in [0.25, 0.3) is 10.9 Å². The number of aromatic hydroxyl groups is 1. The number of hydrogen-bond acceptors (Lipinski definition) is 3. The predicted octanol–water partition coefficient (Wildman–Crippen LogP) is 2.67. The van der Waals surface area contributed by atoms with Gasteiger partial charge in [-0.3, -0.25) is 9.00 Å². The Morgan fingerprint density at radius 2 is 1.85 bits per heavy atom. The van der Waals surface area contributed by atoms with Crippen LogP contribution in [0.15, 0.2) is 34.0 Å². The topological polar surface area (TPSA) is 70.2 Å². The third kappa shape index (κ3) is 2.26. The number of H-pyrrole nitrogens is 1. The zero-order valence-electron chi connectivity index (χ0n) is 11.1. The van der Waals surface area contributed by atoms with E-state index in [0.717, 1.165) is 32.1 Å². The van der Waals surface area contributed by atoms with Crippen LogP contribution in [-0.4, -0.2) is 19.5 Å². The highest BCUT2D eigenvalue weighted by Crippen LogP contribution is 2.31. The minimum absolute atomic E-state index is 0.0167. The van der Waals surface area contributed by atoms with Crippen molar-refractivity contribution in [2.75, 3.05) is 0 Å². The number of aromatic nitrogens is 1. The van der Waals surface area contributed by atoms with Gasteiger partial charge in [-0.05, 0) is 25.0 Å². The number of nitrogens with one attached hydrogen (secondary N) is 1. The van der Waals surface area contributed by atoms with Crippen LogP contribution in [0.5, 0.6) is 5.75 Å². The Labute approximate surface area is 119 Å². The number of benzene rings is 1. The molecule has 3 rings (SSSR count). The number of hydrogen-bond donors (Lipinski definition) is 2. The van der Waals surface area contributed by atoms with Crippen molar-refractivity contribution in [3.63, 3.8) is 0 Å². The highest BCUT2D eigenvalue weighted by Gasteiger charge is 2.26. The van der Waals surface area contributed by atoms with Crippen LogP contribution >= 0.6 is 0 Å². The molecule has 0 unspecified atom stereocenters. The van der Waals surface area contributed by atoms with E-state index < -0.39 is 16.4 Å². The first-order chi connectivity index (χ1) is 9.68. The smallest absolute Gasteiger partial charge is 0.268 e. The summed E-state index contributed by atoms with van der Waals surface area (Å²) in [6.07, 6.45) is 4.97. The summed E-state index contributed by atoms with van der Waals surface area (Å²) in [7, 11) is -1.44. The average Bonchev–Trinajstić information content (AvgIpc) is 2.48. The van der Waals surface area contributed by atoms with E-state index in [-0.39, 0.29) is 15.9 Å². The zero-order valence-corrected chi connectivity index (χ0v) is 11.9. The van der Waals surface area contributed by atoms with Crippen molar-refractivity contribution in [2.45, 2.75) is 42.2 Å². The molecule has 1 aliphatic rings. The molecule has 5 heteroatoms. The van der Waals surface area contributed by atoms with E-state index in [1.807, 2.05) is 0 Å². The van der Waals surface area contributed by atoms with Crippen molar-refractivity contribution in [3.8, 4) is 5.75 Å². The molecule has 2 aromatic rings. The van der Waals surface area contributed by atoms with Gasteiger partial charge < -0.3 is 10.1 Å². The number of aromatic amines is 1. The largest absolute Gasteiger partial charge is 0.506 e. The highest BCUT2D eigenvalue weighted by molar-refractivity contribution is 7.85. The van der Waals surface area contributed by atoms with Crippen LogP contribution in [0, 0.1) is 0 Å². The molecule has 0 amide bonds. The molecule has 0 radical (unpaired) electrons. The second-order valence-corrected chi connectivity index (χ2v) is 6.90. The SMILES string of the molecule is O=c1[nH]c2ccccc2c(O)c1[S@](=O)C1CCCCC1. The highest BCUT2D eigenvalue weighted by atomic mass is 32.2. The van der Waals surface area contributed by atoms with Crippen molar-refractivity contribution in [3.05, 3.63) is 34.6 Å². The lowest BCUT2D eigenvalue weighted by Gasteiger charge is -2.21. The first-order valence-electron chi connectivity index (χ1n) is 6.93. The first-order valence-corrected chi connectivity index (χ1v) is 8.14. The number of rotatable bonds is 2. The Kier molecular flexibility index (Phi) is 3.61. The zero-order chi connectivity index (χ0) is 14.1. The maximum atomic E-state index is 12.6. The van der Waals surface area contributed by atoms with Crippen molar-refractivity contribution >= 4 is 21.7 Å². The third-order valence-corrected chi connectivity index (χ3v) is 5.77. The molecule has 1 aromatic carbocycles. The summed E-state index contributed by atoms with van der Waals surface area (Å²) in [4.78, 5) is 14.9. The fourth-order valence-corrected chi connectivity index (χ4v) is 4.47. The minimum atomic E-state index is -1.44. The van der Waals surface area contributed by atoms with Crippen LogP contribution < -0.4 is 5.56 Å². The molecular formula is C15H17NO3S.